The second kappa shape index (κ2) is 7.01. The van der Waals surface area contributed by atoms with E-state index >= 15 is 0 Å². The minimum Gasteiger partial charge on any atom is -0.489 e. The van der Waals surface area contributed by atoms with Crippen molar-refractivity contribution in [3.63, 3.8) is 0 Å². The number of aromatic nitrogens is 3. The van der Waals surface area contributed by atoms with Gasteiger partial charge in [-0.2, -0.15) is 0 Å². The van der Waals surface area contributed by atoms with Crippen molar-refractivity contribution in [2.75, 3.05) is 5.32 Å². The van der Waals surface area contributed by atoms with Crippen molar-refractivity contribution in [2.24, 2.45) is 0 Å². The van der Waals surface area contributed by atoms with E-state index < -0.39 is 0 Å². The minimum atomic E-state index is 0.0919. The monoisotopic (exact) mass is 382 g/mol. The molecule has 0 aliphatic heterocycles. The van der Waals surface area contributed by atoms with Crippen LogP contribution < -0.4 is 10.1 Å². The average Bonchev–Trinajstić information content (AvgIpc) is 3.25. The summed E-state index contributed by atoms with van der Waals surface area (Å²) in [4.78, 5) is 13.0. The van der Waals surface area contributed by atoms with Gasteiger partial charge in [0.15, 0.2) is 5.13 Å². The first-order chi connectivity index (χ1) is 12.6. The lowest BCUT2D eigenvalue weighted by Crippen LogP contribution is -2.07. The third-order valence-electron chi connectivity index (χ3n) is 3.79. The highest BCUT2D eigenvalue weighted by molar-refractivity contribution is 7.80. The summed E-state index contributed by atoms with van der Waals surface area (Å²) < 4.78 is 5.87. The first kappa shape index (κ1) is 16.9. The van der Waals surface area contributed by atoms with Crippen LogP contribution in [0.4, 0.5) is 10.8 Å². The number of thiazole rings is 1. The standard InChI is InChI=1S/C19H18N4OS2/c1-11(2)24-18-6-4-13(25)8-16(18)22-19-23-17(9-26-19)12-3-5-14-15(7-12)21-10-20-14/h3-11,25H,1-2H3,(H,20,21)(H,22,23). The second-order valence-electron chi connectivity index (χ2n) is 6.14. The summed E-state index contributed by atoms with van der Waals surface area (Å²) >= 11 is 5.98. The number of H-pyrrole nitrogens is 1. The topological polar surface area (TPSA) is 62.8 Å². The highest BCUT2D eigenvalue weighted by Gasteiger charge is 2.11. The van der Waals surface area contributed by atoms with E-state index in [4.69, 9.17) is 9.72 Å². The molecule has 0 saturated heterocycles. The summed E-state index contributed by atoms with van der Waals surface area (Å²) in [6.07, 6.45) is 1.79. The van der Waals surface area contributed by atoms with Crippen molar-refractivity contribution in [1.29, 1.82) is 0 Å². The molecular formula is C19H18N4OS2. The van der Waals surface area contributed by atoms with Gasteiger partial charge in [0.05, 0.1) is 34.8 Å². The average molecular weight is 383 g/mol. The normalized spacial score (nSPS) is 11.2. The van der Waals surface area contributed by atoms with E-state index in [0.29, 0.717) is 0 Å². The van der Waals surface area contributed by atoms with Gasteiger partial charge in [0.25, 0.3) is 0 Å². The Bertz CT molecular complexity index is 1050. The van der Waals surface area contributed by atoms with Crippen molar-refractivity contribution in [3.05, 3.63) is 48.1 Å². The molecule has 4 aromatic rings. The molecule has 4 rings (SSSR count). The summed E-state index contributed by atoms with van der Waals surface area (Å²) in [6, 6.07) is 11.9. The summed E-state index contributed by atoms with van der Waals surface area (Å²) in [6.45, 7) is 4.01. The smallest absolute Gasteiger partial charge is 0.187 e. The van der Waals surface area contributed by atoms with Crippen LogP contribution >= 0.6 is 24.0 Å². The Balaban J connectivity index is 1.61. The van der Waals surface area contributed by atoms with E-state index in [0.717, 1.165) is 43.8 Å². The Kier molecular flexibility index (Phi) is 4.57. The molecule has 0 bridgehead atoms. The molecule has 0 saturated carbocycles. The van der Waals surface area contributed by atoms with Gasteiger partial charge >= 0.3 is 0 Å². The predicted octanol–water partition coefficient (Wildman–Crippen LogP) is 5.51. The highest BCUT2D eigenvalue weighted by Crippen LogP contribution is 2.34. The van der Waals surface area contributed by atoms with Crippen LogP contribution in [-0.4, -0.2) is 21.1 Å². The molecule has 2 heterocycles. The zero-order chi connectivity index (χ0) is 18.1. The third kappa shape index (κ3) is 3.54. The van der Waals surface area contributed by atoms with Crippen LogP contribution in [0.25, 0.3) is 22.3 Å². The number of aromatic amines is 1. The van der Waals surface area contributed by atoms with Crippen LogP contribution in [0.3, 0.4) is 0 Å². The molecule has 2 aromatic heterocycles. The van der Waals surface area contributed by atoms with Gasteiger partial charge in [-0.05, 0) is 44.2 Å². The lowest BCUT2D eigenvalue weighted by atomic mass is 10.1. The molecule has 0 radical (unpaired) electrons. The Morgan fingerprint density at radius 2 is 2.08 bits per heavy atom. The van der Waals surface area contributed by atoms with Gasteiger partial charge in [0, 0.05) is 15.8 Å². The molecule has 0 spiro atoms. The number of fused-ring (bicyclic) bond motifs is 1. The van der Waals surface area contributed by atoms with Crippen molar-refractivity contribution >= 4 is 45.8 Å². The molecular weight excluding hydrogens is 364 g/mol. The van der Waals surface area contributed by atoms with E-state index in [1.165, 1.54) is 0 Å². The maximum atomic E-state index is 5.87. The van der Waals surface area contributed by atoms with Gasteiger partial charge in [-0.3, -0.25) is 0 Å². The quantitative estimate of drug-likeness (QED) is 0.399. The summed E-state index contributed by atoms with van der Waals surface area (Å²) in [5, 5.41) is 6.19. The number of benzene rings is 2. The number of nitrogens with zero attached hydrogens (tertiary/aromatic N) is 2. The lowest BCUT2D eigenvalue weighted by molar-refractivity contribution is 0.243. The molecule has 0 aliphatic carbocycles. The van der Waals surface area contributed by atoms with E-state index in [-0.39, 0.29) is 6.10 Å². The Morgan fingerprint density at radius 1 is 1.19 bits per heavy atom. The molecule has 5 nitrogen and oxygen atoms in total. The first-order valence-electron chi connectivity index (χ1n) is 8.24. The van der Waals surface area contributed by atoms with E-state index in [9.17, 15) is 0 Å². The fraction of sp³-hybridized carbons (Fsp3) is 0.158. The van der Waals surface area contributed by atoms with Gasteiger partial charge in [-0.25, -0.2) is 9.97 Å². The van der Waals surface area contributed by atoms with Crippen LogP contribution in [0.2, 0.25) is 0 Å². The van der Waals surface area contributed by atoms with Crippen LogP contribution in [-0.2, 0) is 0 Å². The predicted molar refractivity (Wildman–Crippen MR) is 110 cm³/mol. The van der Waals surface area contributed by atoms with Crippen LogP contribution in [0.5, 0.6) is 5.75 Å². The number of hydrogen-bond acceptors (Lipinski definition) is 6. The van der Waals surface area contributed by atoms with Gasteiger partial charge in [-0.1, -0.05) is 6.07 Å². The number of anilines is 2. The largest absolute Gasteiger partial charge is 0.489 e. The Morgan fingerprint density at radius 3 is 2.92 bits per heavy atom. The van der Waals surface area contributed by atoms with Gasteiger partial charge < -0.3 is 15.0 Å². The molecule has 0 aliphatic rings. The van der Waals surface area contributed by atoms with Crippen molar-refractivity contribution < 1.29 is 4.74 Å². The molecule has 0 atom stereocenters. The molecule has 132 valence electrons. The number of thiol groups is 1. The highest BCUT2D eigenvalue weighted by atomic mass is 32.1. The van der Waals surface area contributed by atoms with E-state index in [1.54, 1.807) is 17.7 Å². The molecule has 7 heteroatoms. The van der Waals surface area contributed by atoms with Gasteiger partial charge in [0.2, 0.25) is 0 Å². The van der Waals surface area contributed by atoms with Crippen molar-refractivity contribution in [3.8, 4) is 17.0 Å². The third-order valence-corrected chi connectivity index (χ3v) is 4.82. The maximum Gasteiger partial charge on any atom is 0.187 e. The summed E-state index contributed by atoms with van der Waals surface area (Å²) in [7, 11) is 0. The lowest BCUT2D eigenvalue weighted by Gasteiger charge is -2.15. The van der Waals surface area contributed by atoms with Crippen molar-refractivity contribution in [2.45, 2.75) is 24.8 Å². The number of nitrogens with one attached hydrogen (secondary N) is 2. The number of ether oxygens (including phenoxy) is 1. The second-order valence-corrected chi connectivity index (χ2v) is 7.52. The number of rotatable bonds is 5. The molecule has 0 amide bonds. The summed E-state index contributed by atoms with van der Waals surface area (Å²) in [5.74, 6) is 0.786. The van der Waals surface area contributed by atoms with E-state index in [1.807, 2.05) is 49.6 Å². The van der Waals surface area contributed by atoms with E-state index in [2.05, 4.69) is 34.0 Å². The Hall–Kier alpha value is -2.51. The SMILES string of the molecule is CC(C)Oc1ccc(S)cc1Nc1nc(-c2ccc3nc[nH]c3c2)cs1. The zero-order valence-corrected chi connectivity index (χ0v) is 16.1. The fourth-order valence-electron chi connectivity index (χ4n) is 2.65. The molecule has 0 unspecified atom stereocenters. The van der Waals surface area contributed by atoms with Crippen LogP contribution in [0, 0.1) is 0 Å². The van der Waals surface area contributed by atoms with Crippen LogP contribution in [0.1, 0.15) is 13.8 Å². The number of imidazole rings is 1. The Labute approximate surface area is 160 Å². The maximum absolute atomic E-state index is 5.87. The molecule has 0 fully saturated rings. The van der Waals surface area contributed by atoms with Gasteiger partial charge in [-0.15, -0.1) is 24.0 Å². The minimum absolute atomic E-state index is 0.0919. The van der Waals surface area contributed by atoms with Gasteiger partial charge in [0.1, 0.15) is 5.75 Å². The first-order valence-corrected chi connectivity index (χ1v) is 9.57. The molecule has 2 N–H and O–H groups in total. The number of hydrogen-bond donors (Lipinski definition) is 3. The fourth-order valence-corrected chi connectivity index (χ4v) is 3.58. The van der Waals surface area contributed by atoms with Crippen LogP contribution in [0.15, 0.2) is 53.0 Å². The summed E-state index contributed by atoms with van der Waals surface area (Å²) in [5.41, 5.74) is 4.77. The van der Waals surface area contributed by atoms with Crippen molar-refractivity contribution in [1.82, 2.24) is 15.0 Å². The molecule has 2 aromatic carbocycles. The zero-order valence-electron chi connectivity index (χ0n) is 14.4. The molecule has 26 heavy (non-hydrogen) atoms.